The van der Waals surface area contributed by atoms with E-state index < -0.39 is 0 Å². The summed E-state index contributed by atoms with van der Waals surface area (Å²) in [5.41, 5.74) is 2.48. The molecule has 0 aliphatic heterocycles. The van der Waals surface area contributed by atoms with E-state index in [2.05, 4.69) is 24.4 Å². The minimum Gasteiger partial charge on any atom is -0.488 e. The maximum absolute atomic E-state index is 5.83. The van der Waals surface area contributed by atoms with Gasteiger partial charge in [-0.05, 0) is 30.9 Å². The van der Waals surface area contributed by atoms with E-state index in [1.807, 2.05) is 13.1 Å². The van der Waals surface area contributed by atoms with Gasteiger partial charge in [0.2, 0.25) is 0 Å². The van der Waals surface area contributed by atoms with Crippen LogP contribution in [0.25, 0.3) is 0 Å². The van der Waals surface area contributed by atoms with E-state index in [4.69, 9.17) is 4.74 Å². The van der Waals surface area contributed by atoms with Gasteiger partial charge in [0.1, 0.15) is 5.75 Å². The molecule has 0 amide bonds. The van der Waals surface area contributed by atoms with Crippen LogP contribution in [0.4, 0.5) is 5.69 Å². The summed E-state index contributed by atoms with van der Waals surface area (Å²) < 4.78 is 5.83. The molecule has 0 spiro atoms. The molecular weight excluding hydrogens is 174 g/mol. The monoisotopic (exact) mass is 191 g/mol. The van der Waals surface area contributed by atoms with Gasteiger partial charge in [0.15, 0.2) is 0 Å². The quantitative estimate of drug-likeness (QED) is 0.790. The average molecular weight is 191 g/mol. The molecule has 0 radical (unpaired) electrons. The predicted molar refractivity (Wildman–Crippen MR) is 59.0 cm³/mol. The fourth-order valence-corrected chi connectivity index (χ4v) is 1.62. The van der Waals surface area contributed by atoms with Gasteiger partial charge in [-0.3, -0.25) is 0 Å². The second-order valence-corrected chi connectivity index (χ2v) is 3.71. The van der Waals surface area contributed by atoms with Crippen LogP contribution in [0.3, 0.4) is 0 Å². The summed E-state index contributed by atoms with van der Waals surface area (Å²) in [5, 5.41) is 3.22. The molecule has 1 aromatic rings. The van der Waals surface area contributed by atoms with Crippen LogP contribution in [0.1, 0.15) is 25.3 Å². The number of hydrogen-bond acceptors (Lipinski definition) is 2. The number of nitrogens with one attached hydrogen (secondary N) is 1. The van der Waals surface area contributed by atoms with Crippen molar-refractivity contribution in [3.8, 4) is 5.75 Å². The second kappa shape index (κ2) is 3.91. The number of anilines is 1. The minimum atomic E-state index is 0.467. The molecule has 14 heavy (non-hydrogen) atoms. The molecule has 0 saturated heterocycles. The maximum atomic E-state index is 5.83. The molecule has 0 bridgehead atoms. The van der Waals surface area contributed by atoms with Crippen molar-refractivity contribution in [2.24, 2.45) is 0 Å². The van der Waals surface area contributed by atoms with Crippen LogP contribution in [0.2, 0.25) is 0 Å². The van der Waals surface area contributed by atoms with Crippen molar-refractivity contribution in [2.45, 2.75) is 32.3 Å². The molecule has 0 unspecified atom stereocenters. The highest BCUT2D eigenvalue weighted by Crippen LogP contribution is 2.34. The maximum Gasteiger partial charge on any atom is 0.143 e. The Morgan fingerprint density at radius 2 is 2.21 bits per heavy atom. The van der Waals surface area contributed by atoms with Crippen LogP contribution in [0, 0.1) is 0 Å². The number of aryl methyl sites for hydroxylation is 1. The Balaban J connectivity index is 2.26. The van der Waals surface area contributed by atoms with Crippen molar-refractivity contribution in [2.75, 3.05) is 12.4 Å². The number of rotatable bonds is 4. The van der Waals surface area contributed by atoms with E-state index >= 15 is 0 Å². The van der Waals surface area contributed by atoms with Crippen LogP contribution in [-0.4, -0.2) is 13.2 Å². The summed E-state index contributed by atoms with van der Waals surface area (Å²) in [6.45, 7) is 2.16. The molecule has 2 nitrogen and oxygen atoms in total. The lowest BCUT2D eigenvalue weighted by atomic mass is 10.1. The third-order valence-electron chi connectivity index (χ3n) is 2.56. The summed E-state index contributed by atoms with van der Waals surface area (Å²) in [5.74, 6) is 1.01. The van der Waals surface area contributed by atoms with E-state index in [-0.39, 0.29) is 0 Å². The van der Waals surface area contributed by atoms with E-state index in [1.165, 1.54) is 18.4 Å². The van der Waals surface area contributed by atoms with E-state index in [1.54, 1.807) is 0 Å². The van der Waals surface area contributed by atoms with Crippen molar-refractivity contribution in [3.63, 3.8) is 0 Å². The van der Waals surface area contributed by atoms with Gasteiger partial charge in [-0.2, -0.15) is 0 Å². The zero-order valence-corrected chi connectivity index (χ0v) is 8.84. The smallest absolute Gasteiger partial charge is 0.143 e. The Hall–Kier alpha value is -1.18. The highest BCUT2D eigenvalue weighted by Gasteiger charge is 2.24. The third kappa shape index (κ3) is 1.84. The predicted octanol–water partition coefficient (Wildman–Crippen LogP) is 2.83. The Morgan fingerprint density at radius 1 is 1.43 bits per heavy atom. The molecule has 0 atom stereocenters. The first-order chi connectivity index (χ1) is 6.85. The van der Waals surface area contributed by atoms with Crippen LogP contribution in [0.15, 0.2) is 18.2 Å². The molecule has 0 aromatic heterocycles. The molecule has 1 aliphatic rings. The van der Waals surface area contributed by atoms with Gasteiger partial charge < -0.3 is 10.1 Å². The Morgan fingerprint density at radius 3 is 2.79 bits per heavy atom. The van der Waals surface area contributed by atoms with Crippen LogP contribution < -0.4 is 10.1 Å². The third-order valence-corrected chi connectivity index (χ3v) is 2.56. The first-order valence-corrected chi connectivity index (χ1v) is 5.31. The minimum absolute atomic E-state index is 0.467. The number of hydrogen-bond donors (Lipinski definition) is 1. The van der Waals surface area contributed by atoms with Crippen LogP contribution in [-0.2, 0) is 6.42 Å². The molecule has 1 N–H and O–H groups in total. The summed E-state index contributed by atoms with van der Waals surface area (Å²) >= 11 is 0. The Labute approximate surface area is 85.3 Å². The molecule has 1 fully saturated rings. The molecule has 1 aromatic carbocycles. The topological polar surface area (TPSA) is 21.3 Å². The summed E-state index contributed by atoms with van der Waals surface area (Å²) in [6, 6.07) is 6.26. The first kappa shape index (κ1) is 9.38. The normalized spacial score (nSPS) is 15.3. The van der Waals surface area contributed by atoms with Crippen molar-refractivity contribution < 1.29 is 4.74 Å². The molecular formula is C12H17NO. The average Bonchev–Trinajstić information content (AvgIpc) is 3.01. The van der Waals surface area contributed by atoms with Crippen molar-refractivity contribution in [1.82, 2.24) is 0 Å². The zero-order chi connectivity index (χ0) is 9.97. The first-order valence-electron chi connectivity index (χ1n) is 5.31. The summed E-state index contributed by atoms with van der Waals surface area (Å²) in [7, 11) is 1.95. The lowest BCUT2D eigenvalue weighted by Crippen LogP contribution is -2.02. The van der Waals surface area contributed by atoms with Gasteiger partial charge >= 0.3 is 0 Å². The zero-order valence-electron chi connectivity index (χ0n) is 8.84. The highest BCUT2D eigenvalue weighted by atomic mass is 16.5. The van der Waals surface area contributed by atoms with Gasteiger partial charge in [0.05, 0.1) is 11.8 Å². The Bertz CT molecular complexity index is 318. The van der Waals surface area contributed by atoms with Crippen molar-refractivity contribution >= 4 is 5.69 Å². The fraction of sp³-hybridized carbons (Fsp3) is 0.500. The SMILES string of the molecule is CCc1cccc(OC2CC2)c1NC. The van der Waals surface area contributed by atoms with Crippen LogP contribution >= 0.6 is 0 Å². The molecule has 2 heteroatoms. The largest absolute Gasteiger partial charge is 0.488 e. The number of ether oxygens (including phenoxy) is 1. The molecule has 0 heterocycles. The molecule has 1 saturated carbocycles. The standard InChI is InChI=1S/C12H17NO/c1-3-9-5-4-6-11(12(9)13-2)14-10-7-8-10/h4-6,10,13H,3,7-8H2,1-2H3. The molecule has 1 aliphatic carbocycles. The second-order valence-electron chi connectivity index (χ2n) is 3.71. The number of para-hydroxylation sites is 1. The Kier molecular flexibility index (Phi) is 2.62. The number of benzene rings is 1. The van der Waals surface area contributed by atoms with Crippen LogP contribution in [0.5, 0.6) is 5.75 Å². The van der Waals surface area contributed by atoms with Gasteiger partial charge in [0.25, 0.3) is 0 Å². The van der Waals surface area contributed by atoms with Gasteiger partial charge in [0, 0.05) is 7.05 Å². The highest BCUT2D eigenvalue weighted by molar-refractivity contribution is 5.61. The van der Waals surface area contributed by atoms with Gasteiger partial charge in [-0.25, -0.2) is 0 Å². The van der Waals surface area contributed by atoms with Crippen molar-refractivity contribution in [3.05, 3.63) is 23.8 Å². The van der Waals surface area contributed by atoms with Gasteiger partial charge in [-0.1, -0.05) is 19.1 Å². The van der Waals surface area contributed by atoms with E-state index in [0.29, 0.717) is 6.10 Å². The van der Waals surface area contributed by atoms with Crippen molar-refractivity contribution in [1.29, 1.82) is 0 Å². The lowest BCUT2D eigenvalue weighted by molar-refractivity contribution is 0.304. The van der Waals surface area contributed by atoms with E-state index in [0.717, 1.165) is 17.9 Å². The fourth-order valence-electron chi connectivity index (χ4n) is 1.62. The molecule has 2 rings (SSSR count). The van der Waals surface area contributed by atoms with E-state index in [9.17, 15) is 0 Å². The summed E-state index contributed by atoms with van der Waals surface area (Å²) in [6.07, 6.45) is 3.92. The lowest BCUT2D eigenvalue weighted by Gasteiger charge is -2.13. The summed E-state index contributed by atoms with van der Waals surface area (Å²) in [4.78, 5) is 0. The van der Waals surface area contributed by atoms with Gasteiger partial charge in [-0.15, -0.1) is 0 Å². The molecule has 76 valence electrons.